The van der Waals surface area contributed by atoms with E-state index >= 15 is 0 Å². The van der Waals surface area contributed by atoms with Crippen molar-refractivity contribution in [2.75, 3.05) is 6.54 Å². The van der Waals surface area contributed by atoms with Crippen molar-refractivity contribution in [3.63, 3.8) is 0 Å². The number of unbranched alkanes of at least 4 members (excludes halogenated alkanes) is 1. The number of hydrogen-bond acceptors (Lipinski definition) is 2. The van der Waals surface area contributed by atoms with Crippen LogP contribution < -0.4 is 5.73 Å². The Hall–Kier alpha value is -0.0800. The van der Waals surface area contributed by atoms with Crippen LogP contribution in [-0.4, -0.2) is 18.2 Å². The Morgan fingerprint density at radius 2 is 2.00 bits per heavy atom. The maximum atomic E-state index is 5.76. The molecule has 2 nitrogen and oxygen atoms in total. The second-order valence-corrected chi connectivity index (χ2v) is 3.92. The van der Waals surface area contributed by atoms with Gasteiger partial charge in [-0.3, -0.25) is 0 Å². The predicted molar refractivity (Wildman–Crippen MR) is 53.2 cm³/mol. The molecule has 0 aliphatic heterocycles. The van der Waals surface area contributed by atoms with Crippen molar-refractivity contribution in [2.45, 2.75) is 58.7 Å². The molecule has 0 bridgehead atoms. The third-order valence-electron chi connectivity index (χ3n) is 2.01. The second-order valence-electron chi connectivity index (χ2n) is 3.92. The summed E-state index contributed by atoms with van der Waals surface area (Å²) in [5, 5.41) is 0. The summed E-state index contributed by atoms with van der Waals surface area (Å²) in [6.45, 7) is 9.01. The van der Waals surface area contributed by atoms with Crippen LogP contribution in [0, 0.1) is 0 Å². The topological polar surface area (TPSA) is 35.2 Å². The fraction of sp³-hybridized carbons (Fsp3) is 1.00. The minimum absolute atomic E-state index is 0.107. The van der Waals surface area contributed by atoms with Gasteiger partial charge in [0.1, 0.15) is 0 Å². The van der Waals surface area contributed by atoms with Crippen molar-refractivity contribution in [3.8, 4) is 0 Å². The van der Waals surface area contributed by atoms with Gasteiger partial charge >= 0.3 is 0 Å². The number of nitrogens with two attached hydrogens (primary N) is 1. The van der Waals surface area contributed by atoms with E-state index in [2.05, 4.69) is 27.7 Å². The van der Waals surface area contributed by atoms with Gasteiger partial charge in [0.25, 0.3) is 0 Å². The van der Waals surface area contributed by atoms with Gasteiger partial charge in [-0.1, -0.05) is 19.8 Å². The third kappa shape index (κ3) is 4.73. The fourth-order valence-corrected chi connectivity index (χ4v) is 1.33. The van der Waals surface area contributed by atoms with Gasteiger partial charge in [-0.2, -0.15) is 0 Å². The Bertz CT molecular complexity index is 114. The van der Waals surface area contributed by atoms with Crippen molar-refractivity contribution in [1.82, 2.24) is 0 Å². The van der Waals surface area contributed by atoms with Gasteiger partial charge in [-0.15, -0.1) is 0 Å². The molecule has 2 N–H and O–H groups in total. The first-order chi connectivity index (χ1) is 5.54. The minimum Gasteiger partial charge on any atom is -0.371 e. The first-order valence-electron chi connectivity index (χ1n) is 4.92. The maximum Gasteiger partial charge on any atom is 0.0779 e. The summed E-state index contributed by atoms with van der Waals surface area (Å²) in [5.74, 6) is 0. The van der Waals surface area contributed by atoms with Gasteiger partial charge < -0.3 is 10.5 Å². The molecular formula is C10H23NO. The molecule has 0 rings (SSSR count). The van der Waals surface area contributed by atoms with Crippen molar-refractivity contribution in [1.29, 1.82) is 0 Å². The predicted octanol–water partition coefficient (Wildman–Crippen LogP) is 2.32. The van der Waals surface area contributed by atoms with E-state index in [9.17, 15) is 0 Å². The molecule has 0 aliphatic rings. The fourth-order valence-electron chi connectivity index (χ4n) is 1.33. The summed E-state index contributed by atoms with van der Waals surface area (Å²) in [6, 6.07) is 0. The monoisotopic (exact) mass is 173 g/mol. The van der Waals surface area contributed by atoms with Crippen molar-refractivity contribution in [3.05, 3.63) is 0 Å². The first kappa shape index (κ1) is 11.9. The Balaban J connectivity index is 3.86. The summed E-state index contributed by atoms with van der Waals surface area (Å²) in [4.78, 5) is 0. The van der Waals surface area contributed by atoms with E-state index in [1.165, 1.54) is 12.8 Å². The van der Waals surface area contributed by atoms with Crippen LogP contribution in [0.15, 0.2) is 0 Å². The highest BCUT2D eigenvalue weighted by Crippen LogP contribution is 2.19. The number of ether oxygens (including phenoxy) is 1. The largest absolute Gasteiger partial charge is 0.371 e. The van der Waals surface area contributed by atoms with E-state index in [-0.39, 0.29) is 11.7 Å². The maximum absolute atomic E-state index is 5.76. The molecule has 12 heavy (non-hydrogen) atoms. The zero-order valence-electron chi connectivity index (χ0n) is 8.89. The molecule has 0 amide bonds. The van der Waals surface area contributed by atoms with E-state index in [0.29, 0.717) is 6.54 Å². The van der Waals surface area contributed by atoms with Crippen molar-refractivity contribution >= 4 is 0 Å². The average molecular weight is 173 g/mol. The van der Waals surface area contributed by atoms with Crippen LogP contribution in [0.2, 0.25) is 0 Å². The highest BCUT2D eigenvalue weighted by Gasteiger charge is 2.23. The van der Waals surface area contributed by atoms with Crippen LogP contribution in [0.3, 0.4) is 0 Å². The summed E-state index contributed by atoms with van der Waals surface area (Å²) >= 11 is 0. The van der Waals surface area contributed by atoms with E-state index in [1.807, 2.05) is 0 Å². The quantitative estimate of drug-likeness (QED) is 0.669. The van der Waals surface area contributed by atoms with Gasteiger partial charge in [-0.05, 0) is 27.2 Å². The highest BCUT2D eigenvalue weighted by atomic mass is 16.5. The van der Waals surface area contributed by atoms with Gasteiger partial charge in [0.05, 0.1) is 11.7 Å². The zero-order chi connectivity index (χ0) is 9.61. The molecule has 0 aromatic heterocycles. The van der Waals surface area contributed by atoms with Crippen molar-refractivity contribution < 1.29 is 4.74 Å². The lowest BCUT2D eigenvalue weighted by atomic mass is 9.99. The molecule has 74 valence electrons. The van der Waals surface area contributed by atoms with E-state index in [4.69, 9.17) is 10.5 Å². The molecule has 0 spiro atoms. The molecule has 0 saturated carbocycles. The van der Waals surface area contributed by atoms with Gasteiger partial charge in [0.15, 0.2) is 0 Å². The molecule has 0 saturated heterocycles. The minimum atomic E-state index is -0.107. The lowest BCUT2D eigenvalue weighted by Crippen LogP contribution is -2.39. The van der Waals surface area contributed by atoms with Crippen LogP contribution >= 0.6 is 0 Å². The summed E-state index contributed by atoms with van der Waals surface area (Å²) in [7, 11) is 0. The molecule has 0 aliphatic carbocycles. The van der Waals surface area contributed by atoms with Crippen LogP contribution in [0.4, 0.5) is 0 Å². The normalized spacial score (nSPS) is 16.5. The lowest BCUT2D eigenvalue weighted by molar-refractivity contribution is -0.0675. The molecule has 0 aromatic rings. The number of rotatable bonds is 6. The Morgan fingerprint density at radius 1 is 1.42 bits per heavy atom. The molecule has 2 heteroatoms. The molecule has 1 unspecified atom stereocenters. The molecule has 0 heterocycles. The third-order valence-corrected chi connectivity index (χ3v) is 2.01. The smallest absolute Gasteiger partial charge is 0.0779 e. The standard InChI is InChI=1S/C10H23NO/c1-5-6-7-10(4,8-11)12-9(2)3/h9H,5-8,11H2,1-4H3. The molecule has 1 atom stereocenters. The lowest BCUT2D eigenvalue weighted by Gasteiger charge is -2.30. The Morgan fingerprint density at radius 3 is 2.33 bits per heavy atom. The van der Waals surface area contributed by atoms with Crippen LogP contribution in [0.25, 0.3) is 0 Å². The first-order valence-corrected chi connectivity index (χ1v) is 4.92. The van der Waals surface area contributed by atoms with Gasteiger partial charge in [-0.25, -0.2) is 0 Å². The van der Waals surface area contributed by atoms with E-state index < -0.39 is 0 Å². The van der Waals surface area contributed by atoms with Crippen molar-refractivity contribution in [2.24, 2.45) is 5.73 Å². The summed E-state index contributed by atoms with van der Waals surface area (Å²) in [6.07, 6.45) is 3.74. The van der Waals surface area contributed by atoms with Gasteiger partial charge in [0, 0.05) is 6.54 Å². The molecular weight excluding hydrogens is 150 g/mol. The zero-order valence-corrected chi connectivity index (χ0v) is 8.89. The molecule has 0 aromatic carbocycles. The Labute approximate surface area is 76.5 Å². The summed E-state index contributed by atoms with van der Waals surface area (Å²) < 4.78 is 5.76. The molecule has 0 fully saturated rings. The highest BCUT2D eigenvalue weighted by molar-refractivity contribution is 4.76. The van der Waals surface area contributed by atoms with Crippen LogP contribution in [0.5, 0.6) is 0 Å². The van der Waals surface area contributed by atoms with Gasteiger partial charge in [0.2, 0.25) is 0 Å². The second kappa shape index (κ2) is 5.55. The summed E-state index contributed by atoms with van der Waals surface area (Å²) in [5.41, 5.74) is 5.56. The molecule has 0 radical (unpaired) electrons. The van der Waals surface area contributed by atoms with Crippen LogP contribution in [-0.2, 0) is 4.74 Å². The Kier molecular flexibility index (Phi) is 5.51. The SMILES string of the molecule is CCCCC(C)(CN)OC(C)C. The number of hydrogen-bond donors (Lipinski definition) is 1. The van der Waals surface area contributed by atoms with E-state index in [1.54, 1.807) is 0 Å². The van der Waals surface area contributed by atoms with Crippen LogP contribution in [0.1, 0.15) is 47.0 Å². The van der Waals surface area contributed by atoms with E-state index in [0.717, 1.165) is 6.42 Å². The average Bonchev–Trinajstić information content (AvgIpc) is 2.00.